The van der Waals surface area contributed by atoms with Crippen LogP contribution in [0.4, 0.5) is 0 Å². The number of aryl methyl sites for hydroxylation is 2. The van der Waals surface area contributed by atoms with Gasteiger partial charge in [0.2, 0.25) is 5.88 Å². The lowest BCUT2D eigenvalue weighted by molar-refractivity contribution is 0.458. The summed E-state index contributed by atoms with van der Waals surface area (Å²) >= 11 is 6.89. The summed E-state index contributed by atoms with van der Waals surface area (Å²) in [5.74, 6) is 1.46. The van der Waals surface area contributed by atoms with Gasteiger partial charge in [-0.1, -0.05) is 31.9 Å². The van der Waals surface area contributed by atoms with Crippen LogP contribution in [0.25, 0.3) is 0 Å². The van der Waals surface area contributed by atoms with Gasteiger partial charge in [0.05, 0.1) is 0 Å². The SMILES string of the molecule is Cc1cc(Oc2ncc(CBr)cc2C)ccc1Br. The van der Waals surface area contributed by atoms with Crippen LogP contribution in [0.5, 0.6) is 11.6 Å². The van der Waals surface area contributed by atoms with Crippen molar-refractivity contribution in [2.45, 2.75) is 19.2 Å². The number of hydrogen-bond donors (Lipinski definition) is 0. The second-order valence-corrected chi connectivity index (χ2v) is 5.53. The minimum absolute atomic E-state index is 0.654. The van der Waals surface area contributed by atoms with Crippen LogP contribution >= 0.6 is 31.9 Å². The third-order valence-electron chi connectivity index (χ3n) is 2.59. The van der Waals surface area contributed by atoms with Gasteiger partial charge < -0.3 is 4.74 Å². The third kappa shape index (κ3) is 3.12. The fraction of sp³-hybridized carbons (Fsp3) is 0.214. The fourth-order valence-electron chi connectivity index (χ4n) is 1.59. The smallest absolute Gasteiger partial charge is 0.222 e. The van der Waals surface area contributed by atoms with Crippen LogP contribution in [0.3, 0.4) is 0 Å². The van der Waals surface area contributed by atoms with Gasteiger partial charge in [-0.05, 0) is 49.2 Å². The lowest BCUT2D eigenvalue weighted by Crippen LogP contribution is -1.93. The van der Waals surface area contributed by atoms with Crippen molar-refractivity contribution in [1.29, 1.82) is 0 Å². The normalized spacial score (nSPS) is 10.4. The van der Waals surface area contributed by atoms with Crippen molar-refractivity contribution in [3.05, 3.63) is 51.6 Å². The predicted octanol–water partition coefficient (Wildman–Crippen LogP) is 5.15. The van der Waals surface area contributed by atoms with Gasteiger partial charge in [-0.2, -0.15) is 0 Å². The molecule has 0 aliphatic heterocycles. The van der Waals surface area contributed by atoms with E-state index < -0.39 is 0 Å². The predicted molar refractivity (Wildman–Crippen MR) is 80.6 cm³/mol. The molecule has 0 atom stereocenters. The molecule has 1 aromatic heterocycles. The molecule has 0 unspecified atom stereocenters. The Bertz CT molecular complexity index is 570. The molecule has 0 fully saturated rings. The Balaban J connectivity index is 2.25. The molecule has 2 aromatic rings. The van der Waals surface area contributed by atoms with Gasteiger partial charge in [-0.15, -0.1) is 0 Å². The molecule has 0 radical (unpaired) electrons. The summed E-state index contributed by atoms with van der Waals surface area (Å²) in [6.07, 6.45) is 1.82. The van der Waals surface area contributed by atoms with Crippen molar-refractivity contribution in [3.8, 4) is 11.6 Å². The van der Waals surface area contributed by atoms with Crippen molar-refractivity contribution in [3.63, 3.8) is 0 Å². The molecule has 2 rings (SSSR count). The molecule has 4 heteroatoms. The molecule has 0 spiro atoms. The molecule has 18 heavy (non-hydrogen) atoms. The highest BCUT2D eigenvalue weighted by Gasteiger charge is 2.05. The van der Waals surface area contributed by atoms with Crippen LogP contribution in [0.1, 0.15) is 16.7 Å². The molecule has 0 aliphatic rings. The highest BCUT2D eigenvalue weighted by Crippen LogP contribution is 2.27. The monoisotopic (exact) mass is 369 g/mol. The second kappa shape index (κ2) is 5.85. The number of halogens is 2. The van der Waals surface area contributed by atoms with E-state index in [2.05, 4.69) is 42.9 Å². The maximum atomic E-state index is 5.80. The molecule has 1 heterocycles. The number of pyridine rings is 1. The zero-order chi connectivity index (χ0) is 13.1. The van der Waals surface area contributed by atoms with Crippen LogP contribution in [-0.2, 0) is 5.33 Å². The molecule has 1 aromatic carbocycles. The van der Waals surface area contributed by atoms with Gasteiger partial charge in [0.1, 0.15) is 5.75 Å². The van der Waals surface area contributed by atoms with Crippen molar-refractivity contribution in [1.82, 2.24) is 4.98 Å². The number of benzene rings is 1. The summed E-state index contributed by atoms with van der Waals surface area (Å²) in [6.45, 7) is 4.03. The summed E-state index contributed by atoms with van der Waals surface area (Å²) in [6, 6.07) is 7.97. The standard InChI is InChI=1S/C14H13Br2NO/c1-9-6-12(3-4-13(9)16)18-14-10(2)5-11(7-15)8-17-14/h3-6,8H,7H2,1-2H3. The molecule has 2 nitrogen and oxygen atoms in total. The summed E-state index contributed by atoms with van der Waals surface area (Å²) < 4.78 is 6.88. The Hall–Kier alpha value is -0.870. The largest absolute Gasteiger partial charge is 0.439 e. The zero-order valence-corrected chi connectivity index (χ0v) is 13.4. The maximum absolute atomic E-state index is 5.80. The van der Waals surface area contributed by atoms with E-state index in [1.807, 2.05) is 38.2 Å². The Morgan fingerprint density at radius 2 is 1.94 bits per heavy atom. The summed E-state index contributed by atoms with van der Waals surface area (Å²) in [5, 5.41) is 0.804. The molecule has 0 bridgehead atoms. The Morgan fingerprint density at radius 1 is 1.17 bits per heavy atom. The van der Waals surface area contributed by atoms with E-state index in [0.29, 0.717) is 5.88 Å². The summed E-state index contributed by atoms with van der Waals surface area (Å²) in [7, 11) is 0. The molecule has 0 amide bonds. The number of nitrogens with zero attached hydrogens (tertiary/aromatic N) is 1. The summed E-state index contributed by atoms with van der Waals surface area (Å²) in [4.78, 5) is 4.33. The summed E-state index contributed by atoms with van der Waals surface area (Å²) in [5.41, 5.74) is 3.32. The number of aromatic nitrogens is 1. The Morgan fingerprint density at radius 3 is 2.56 bits per heavy atom. The van der Waals surface area contributed by atoms with Crippen LogP contribution in [-0.4, -0.2) is 4.98 Å². The van der Waals surface area contributed by atoms with Crippen molar-refractivity contribution in [2.24, 2.45) is 0 Å². The number of hydrogen-bond acceptors (Lipinski definition) is 2. The number of ether oxygens (including phenoxy) is 1. The van der Waals surface area contributed by atoms with E-state index in [0.717, 1.165) is 32.2 Å². The molecule has 94 valence electrons. The lowest BCUT2D eigenvalue weighted by Gasteiger charge is -2.09. The maximum Gasteiger partial charge on any atom is 0.222 e. The van der Waals surface area contributed by atoms with E-state index in [-0.39, 0.29) is 0 Å². The van der Waals surface area contributed by atoms with Crippen molar-refractivity contribution in [2.75, 3.05) is 0 Å². The first-order chi connectivity index (χ1) is 8.60. The van der Waals surface area contributed by atoms with Crippen molar-refractivity contribution >= 4 is 31.9 Å². The first-order valence-electron chi connectivity index (χ1n) is 5.55. The van der Waals surface area contributed by atoms with E-state index >= 15 is 0 Å². The molecule has 0 saturated heterocycles. The average molecular weight is 371 g/mol. The molecular weight excluding hydrogens is 358 g/mol. The lowest BCUT2D eigenvalue weighted by atomic mass is 10.2. The molecule has 0 N–H and O–H groups in total. The minimum atomic E-state index is 0.654. The van der Waals surface area contributed by atoms with Crippen molar-refractivity contribution < 1.29 is 4.74 Å². The van der Waals surface area contributed by atoms with Crippen LogP contribution in [0, 0.1) is 13.8 Å². The topological polar surface area (TPSA) is 22.1 Å². The molecular formula is C14H13Br2NO. The van der Waals surface area contributed by atoms with Gasteiger partial charge in [0.25, 0.3) is 0 Å². The highest BCUT2D eigenvalue weighted by molar-refractivity contribution is 9.10. The van der Waals surface area contributed by atoms with E-state index in [9.17, 15) is 0 Å². The average Bonchev–Trinajstić information content (AvgIpc) is 2.36. The second-order valence-electron chi connectivity index (χ2n) is 4.11. The van der Waals surface area contributed by atoms with Gasteiger partial charge in [0.15, 0.2) is 0 Å². The van der Waals surface area contributed by atoms with Crippen LogP contribution in [0.2, 0.25) is 0 Å². The van der Waals surface area contributed by atoms with Gasteiger partial charge >= 0.3 is 0 Å². The van der Waals surface area contributed by atoms with E-state index in [1.54, 1.807) is 0 Å². The van der Waals surface area contributed by atoms with Gasteiger partial charge in [-0.3, -0.25) is 0 Å². The van der Waals surface area contributed by atoms with Gasteiger partial charge in [0, 0.05) is 21.6 Å². The molecule has 0 aliphatic carbocycles. The van der Waals surface area contributed by atoms with E-state index in [4.69, 9.17) is 4.74 Å². The third-order valence-corrected chi connectivity index (χ3v) is 4.12. The van der Waals surface area contributed by atoms with Crippen LogP contribution < -0.4 is 4.74 Å². The van der Waals surface area contributed by atoms with Crippen LogP contribution in [0.15, 0.2) is 34.9 Å². The zero-order valence-electron chi connectivity index (χ0n) is 10.2. The van der Waals surface area contributed by atoms with Gasteiger partial charge in [-0.25, -0.2) is 4.98 Å². The number of rotatable bonds is 3. The minimum Gasteiger partial charge on any atom is -0.439 e. The van der Waals surface area contributed by atoms with E-state index in [1.165, 1.54) is 0 Å². The first-order valence-corrected chi connectivity index (χ1v) is 7.47. The Labute approximate surface area is 124 Å². The number of alkyl halides is 1. The molecule has 0 saturated carbocycles. The Kier molecular flexibility index (Phi) is 4.40. The fourth-order valence-corrected chi connectivity index (χ4v) is 2.15. The quantitative estimate of drug-likeness (QED) is 0.697. The first kappa shape index (κ1) is 13.6. The highest BCUT2D eigenvalue weighted by atomic mass is 79.9.